The highest BCUT2D eigenvalue weighted by atomic mass is 32.2. The zero-order valence-electron chi connectivity index (χ0n) is 20.4. The minimum Gasteiger partial charge on any atom is -0.454 e. The number of ether oxygens (including phenoxy) is 2. The average molecular weight is 522 g/mol. The molecule has 3 aromatic carbocycles. The lowest BCUT2D eigenvalue weighted by atomic mass is 10.0. The lowest BCUT2D eigenvalue weighted by Crippen LogP contribution is -2.52. The Bertz CT molecular complexity index is 1420. The second kappa shape index (κ2) is 11.2. The molecule has 1 unspecified atom stereocenters. The Morgan fingerprint density at radius 3 is 2.46 bits per heavy atom. The van der Waals surface area contributed by atoms with E-state index in [2.05, 4.69) is 5.32 Å². The predicted molar refractivity (Wildman–Crippen MR) is 140 cm³/mol. The largest absolute Gasteiger partial charge is 0.454 e. The Hall–Kier alpha value is -4.31. The SMILES string of the molecule is C/C=C\c1ccccc1S(=O)(=O)NC(=O)NC(Cc1ccccc1)C(=O)N(C)c1ccc2c(c1)OCO2. The Kier molecular flexibility index (Phi) is 7.78. The van der Waals surface area contributed by atoms with Gasteiger partial charge < -0.3 is 19.7 Å². The van der Waals surface area contributed by atoms with Crippen LogP contribution in [0.1, 0.15) is 18.1 Å². The van der Waals surface area contributed by atoms with Gasteiger partial charge in [-0.05, 0) is 36.2 Å². The standard InChI is InChI=1S/C27H27N3O6S/c1-3-9-20-12-7-8-13-25(20)37(33,34)29-27(32)28-22(16-19-10-5-4-6-11-19)26(31)30(2)21-14-15-23-24(17-21)36-18-35-23/h3-15,17,22H,16,18H2,1-2H3,(H2,28,29,32)/b9-3-. The molecule has 0 saturated heterocycles. The van der Waals surface area contributed by atoms with Crippen LogP contribution in [0.25, 0.3) is 6.08 Å². The van der Waals surface area contributed by atoms with E-state index in [-0.39, 0.29) is 18.1 Å². The first-order valence-corrected chi connectivity index (χ1v) is 13.0. The van der Waals surface area contributed by atoms with Gasteiger partial charge in [0, 0.05) is 25.2 Å². The number of anilines is 1. The molecule has 3 amide bonds. The number of benzene rings is 3. The Morgan fingerprint density at radius 2 is 1.70 bits per heavy atom. The fourth-order valence-electron chi connectivity index (χ4n) is 3.91. The molecular formula is C27H27N3O6S. The molecule has 0 radical (unpaired) electrons. The van der Waals surface area contributed by atoms with Gasteiger partial charge in [0.25, 0.3) is 10.0 Å². The van der Waals surface area contributed by atoms with Gasteiger partial charge in [-0.1, -0.05) is 60.7 Å². The summed E-state index contributed by atoms with van der Waals surface area (Å²) in [5.74, 6) is 0.643. The number of allylic oxidation sites excluding steroid dienone is 1. The number of carbonyl (C=O) groups is 2. The van der Waals surface area contributed by atoms with Crippen LogP contribution >= 0.6 is 0 Å². The molecule has 1 atom stereocenters. The topological polar surface area (TPSA) is 114 Å². The zero-order valence-corrected chi connectivity index (χ0v) is 21.2. The maximum absolute atomic E-state index is 13.5. The fourth-order valence-corrected chi connectivity index (χ4v) is 5.03. The first-order chi connectivity index (χ1) is 17.8. The summed E-state index contributed by atoms with van der Waals surface area (Å²) in [7, 11) is -2.63. The van der Waals surface area contributed by atoms with Crippen molar-refractivity contribution in [1.82, 2.24) is 10.0 Å². The number of hydrogen-bond donors (Lipinski definition) is 2. The number of carbonyl (C=O) groups excluding carboxylic acids is 2. The zero-order chi connectivity index (χ0) is 26.4. The molecule has 0 aromatic heterocycles. The summed E-state index contributed by atoms with van der Waals surface area (Å²) in [4.78, 5) is 27.7. The summed E-state index contributed by atoms with van der Waals surface area (Å²) in [6, 6.07) is 18.4. The van der Waals surface area contributed by atoms with Crippen LogP contribution in [0, 0.1) is 0 Å². The van der Waals surface area contributed by atoms with E-state index in [9.17, 15) is 18.0 Å². The molecule has 37 heavy (non-hydrogen) atoms. The molecule has 0 fully saturated rings. The molecule has 4 rings (SSSR count). The normalized spacial score (nSPS) is 13.2. The Labute approximate surface area is 215 Å². The summed E-state index contributed by atoms with van der Waals surface area (Å²) < 4.78 is 38.7. The lowest BCUT2D eigenvalue weighted by Gasteiger charge is -2.25. The highest BCUT2D eigenvalue weighted by Crippen LogP contribution is 2.35. The minimum absolute atomic E-state index is 0.0494. The summed E-state index contributed by atoms with van der Waals surface area (Å²) in [5.41, 5.74) is 1.76. The molecule has 1 heterocycles. The van der Waals surface area contributed by atoms with Crippen LogP contribution < -0.4 is 24.4 Å². The van der Waals surface area contributed by atoms with Gasteiger partial charge in [-0.15, -0.1) is 0 Å². The van der Waals surface area contributed by atoms with Gasteiger partial charge in [-0.3, -0.25) is 4.79 Å². The maximum Gasteiger partial charge on any atom is 0.329 e. The number of nitrogens with zero attached hydrogens (tertiary/aromatic N) is 1. The molecule has 3 aromatic rings. The van der Waals surface area contributed by atoms with Gasteiger partial charge in [0.15, 0.2) is 11.5 Å². The number of fused-ring (bicyclic) bond motifs is 1. The average Bonchev–Trinajstić information content (AvgIpc) is 3.36. The number of rotatable bonds is 8. The van der Waals surface area contributed by atoms with Crippen molar-refractivity contribution in [1.29, 1.82) is 0 Å². The van der Waals surface area contributed by atoms with E-state index < -0.39 is 28.0 Å². The van der Waals surface area contributed by atoms with E-state index in [1.165, 1.54) is 11.0 Å². The van der Waals surface area contributed by atoms with Gasteiger partial charge in [0.05, 0.1) is 4.90 Å². The van der Waals surface area contributed by atoms with Crippen molar-refractivity contribution in [3.8, 4) is 11.5 Å². The molecule has 0 bridgehead atoms. The lowest BCUT2D eigenvalue weighted by molar-refractivity contribution is -0.120. The number of sulfonamides is 1. The molecule has 2 N–H and O–H groups in total. The van der Waals surface area contributed by atoms with Gasteiger partial charge in [-0.2, -0.15) is 0 Å². The third-order valence-electron chi connectivity index (χ3n) is 5.74. The Balaban J connectivity index is 1.56. The van der Waals surface area contributed by atoms with Crippen LogP contribution in [0.15, 0.2) is 83.8 Å². The van der Waals surface area contributed by atoms with Crippen LogP contribution in [0.4, 0.5) is 10.5 Å². The Morgan fingerprint density at radius 1 is 1.00 bits per heavy atom. The fraction of sp³-hybridized carbons (Fsp3) is 0.185. The predicted octanol–water partition coefficient (Wildman–Crippen LogP) is 3.71. The minimum atomic E-state index is -4.20. The van der Waals surface area contributed by atoms with E-state index in [0.717, 1.165) is 5.56 Å². The molecular weight excluding hydrogens is 494 g/mol. The second-order valence-corrected chi connectivity index (χ2v) is 9.94. The summed E-state index contributed by atoms with van der Waals surface area (Å²) in [6.07, 6.45) is 3.49. The number of likely N-dealkylation sites (N-methyl/N-ethyl adjacent to an activating group) is 1. The number of urea groups is 1. The molecule has 192 valence electrons. The van der Waals surface area contributed by atoms with Crippen molar-refractivity contribution in [3.63, 3.8) is 0 Å². The van der Waals surface area contributed by atoms with E-state index in [4.69, 9.17) is 9.47 Å². The number of nitrogens with one attached hydrogen (secondary N) is 2. The third kappa shape index (κ3) is 6.10. The van der Waals surface area contributed by atoms with E-state index >= 15 is 0 Å². The summed E-state index contributed by atoms with van der Waals surface area (Å²) in [6.45, 7) is 1.86. The van der Waals surface area contributed by atoms with E-state index in [0.29, 0.717) is 22.7 Å². The molecule has 1 aliphatic rings. The highest BCUT2D eigenvalue weighted by Gasteiger charge is 2.28. The summed E-state index contributed by atoms with van der Waals surface area (Å²) in [5, 5.41) is 2.55. The third-order valence-corrected chi connectivity index (χ3v) is 7.15. The van der Waals surface area contributed by atoms with Gasteiger partial charge >= 0.3 is 6.03 Å². The van der Waals surface area contributed by atoms with Crippen LogP contribution in [0.2, 0.25) is 0 Å². The van der Waals surface area contributed by atoms with Crippen molar-refractivity contribution >= 4 is 33.7 Å². The monoisotopic (exact) mass is 521 g/mol. The molecule has 1 aliphatic heterocycles. The molecule has 0 aliphatic carbocycles. The summed E-state index contributed by atoms with van der Waals surface area (Å²) >= 11 is 0. The number of hydrogen-bond acceptors (Lipinski definition) is 6. The quantitative estimate of drug-likeness (QED) is 0.467. The first-order valence-electron chi connectivity index (χ1n) is 11.5. The van der Waals surface area contributed by atoms with Crippen molar-refractivity contribution in [3.05, 3.63) is 90.0 Å². The van der Waals surface area contributed by atoms with Crippen LogP contribution in [-0.4, -0.2) is 40.2 Å². The van der Waals surface area contributed by atoms with E-state index in [1.54, 1.807) is 62.5 Å². The van der Waals surface area contributed by atoms with Crippen LogP contribution in [0.5, 0.6) is 11.5 Å². The second-order valence-electron chi connectivity index (χ2n) is 8.29. The smallest absolute Gasteiger partial charge is 0.329 e. The molecule has 9 nitrogen and oxygen atoms in total. The highest BCUT2D eigenvalue weighted by molar-refractivity contribution is 7.90. The molecule has 0 saturated carbocycles. The van der Waals surface area contributed by atoms with Crippen molar-refractivity contribution in [2.24, 2.45) is 0 Å². The van der Waals surface area contributed by atoms with Crippen LogP contribution in [-0.2, 0) is 21.2 Å². The molecule has 10 heteroatoms. The first kappa shape index (κ1) is 25.8. The van der Waals surface area contributed by atoms with Crippen LogP contribution in [0.3, 0.4) is 0 Å². The van der Waals surface area contributed by atoms with Crippen molar-refractivity contribution in [2.75, 3.05) is 18.7 Å². The van der Waals surface area contributed by atoms with Gasteiger partial charge in [-0.25, -0.2) is 17.9 Å². The van der Waals surface area contributed by atoms with Crippen molar-refractivity contribution < 1.29 is 27.5 Å². The number of amides is 3. The van der Waals surface area contributed by atoms with E-state index in [1.807, 2.05) is 35.1 Å². The van der Waals surface area contributed by atoms with Crippen molar-refractivity contribution in [2.45, 2.75) is 24.3 Å². The molecule has 0 spiro atoms. The maximum atomic E-state index is 13.5. The van der Waals surface area contributed by atoms with Gasteiger partial charge in [0.1, 0.15) is 6.04 Å². The van der Waals surface area contributed by atoms with Gasteiger partial charge in [0.2, 0.25) is 12.7 Å².